The van der Waals surface area contributed by atoms with Gasteiger partial charge in [-0.05, 0) is 35.9 Å². The summed E-state index contributed by atoms with van der Waals surface area (Å²) < 4.78 is 6.53. The van der Waals surface area contributed by atoms with Gasteiger partial charge < -0.3 is 10.1 Å². The Morgan fingerprint density at radius 1 is 1.08 bits per heavy atom. The molecule has 3 rings (SSSR count). The number of hydrogen-bond donors (Lipinski definition) is 1. The van der Waals surface area contributed by atoms with Crippen LogP contribution in [0.4, 0.5) is 0 Å². The first-order chi connectivity index (χ1) is 12.7. The number of aromatic nitrogens is 2. The minimum absolute atomic E-state index is 0.330. The van der Waals surface area contributed by atoms with E-state index < -0.39 is 12.0 Å². The SMILES string of the molecule is COC(=O)[C@H](Cc1ccccc1)NC(=O)c1ccc(-n2cccn2)cc1. The molecule has 0 spiro atoms. The molecule has 0 aliphatic carbocycles. The predicted molar refractivity (Wildman–Crippen MR) is 97.0 cm³/mol. The van der Waals surface area contributed by atoms with E-state index in [1.165, 1.54) is 7.11 Å². The molecule has 3 aromatic rings. The molecule has 0 bridgehead atoms. The Labute approximate surface area is 151 Å². The first-order valence-electron chi connectivity index (χ1n) is 8.20. The van der Waals surface area contributed by atoms with Crippen molar-refractivity contribution in [2.24, 2.45) is 0 Å². The Balaban J connectivity index is 1.71. The molecule has 1 aromatic heterocycles. The van der Waals surface area contributed by atoms with Crippen molar-refractivity contribution in [1.82, 2.24) is 15.1 Å². The molecule has 0 aliphatic heterocycles. The van der Waals surface area contributed by atoms with Gasteiger partial charge in [0.15, 0.2) is 0 Å². The Morgan fingerprint density at radius 3 is 2.42 bits per heavy atom. The lowest BCUT2D eigenvalue weighted by atomic mass is 10.1. The number of carbonyl (C=O) groups is 2. The van der Waals surface area contributed by atoms with Crippen LogP contribution in [0.3, 0.4) is 0 Å². The maximum Gasteiger partial charge on any atom is 0.328 e. The molecule has 2 aromatic carbocycles. The molecular formula is C20H19N3O3. The van der Waals surface area contributed by atoms with Gasteiger partial charge in [-0.25, -0.2) is 9.48 Å². The van der Waals surface area contributed by atoms with E-state index in [0.29, 0.717) is 12.0 Å². The highest BCUT2D eigenvalue weighted by Crippen LogP contribution is 2.10. The molecule has 0 fully saturated rings. The second kappa shape index (κ2) is 8.11. The summed E-state index contributed by atoms with van der Waals surface area (Å²) in [6.45, 7) is 0. The highest BCUT2D eigenvalue weighted by atomic mass is 16.5. The first-order valence-corrected chi connectivity index (χ1v) is 8.20. The molecule has 0 saturated carbocycles. The average molecular weight is 349 g/mol. The molecule has 1 atom stereocenters. The summed E-state index contributed by atoms with van der Waals surface area (Å²) in [6, 6.07) is 17.5. The van der Waals surface area contributed by atoms with Gasteiger partial charge in [0.2, 0.25) is 0 Å². The van der Waals surface area contributed by atoms with Gasteiger partial charge >= 0.3 is 5.97 Å². The third-order valence-corrected chi connectivity index (χ3v) is 3.97. The zero-order chi connectivity index (χ0) is 18.4. The molecule has 26 heavy (non-hydrogen) atoms. The van der Waals surface area contributed by atoms with Crippen LogP contribution in [0.1, 0.15) is 15.9 Å². The number of hydrogen-bond acceptors (Lipinski definition) is 4. The Bertz CT molecular complexity index is 859. The van der Waals surface area contributed by atoms with Crippen LogP contribution in [0.2, 0.25) is 0 Å². The number of amides is 1. The smallest absolute Gasteiger partial charge is 0.328 e. The Kier molecular flexibility index (Phi) is 5.43. The number of methoxy groups -OCH3 is 1. The average Bonchev–Trinajstić information content (AvgIpc) is 3.22. The standard InChI is InChI=1S/C20H19N3O3/c1-26-20(25)18(14-15-6-3-2-4-7-15)22-19(24)16-8-10-17(11-9-16)23-13-5-12-21-23/h2-13,18H,14H2,1H3,(H,22,24)/t18-/m0/s1. The highest BCUT2D eigenvalue weighted by molar-refractivity contribution is 5.97. The summed E-state index contributed by atoms with van der Waals surface area (Å²) in [5, 5.41) is 6.90. The van der Waals surface area contributed by atoms with E-state index in [2.05, 4.69) is 10.4 Å². The topological polar surface area (TPSA) is 73.2 Å². The maximum absolute atomic E-state index is 12.5. The largest absolute Gasteiger partial charge is 0.467 e. The lowest BCUT2D eigenvalue weighted by molar-refractivity contribution is -0.142. The van der Waals surface area contributed by atoms with Crippen LogP contribution in [0.15, 0.2) is 73.1 Å². The van der Waals surface area contributed by atoms with Gasteiger partial charge in [0.1, 0.15) is 6.04 Å². The van der Waals surface area contributed by atoms with E-state index in [9.17, 15) is 9.59 Å². The summed E-state index contributed by atoms with van der Waals surface area (Å²) in [5.74, 6) is -0.807. The van der Waals surface area contributed by atoms with Crippen molar-refractivity contribution in [3.05, 3.63) is 84.2 Å². The van der Waals surface area contributed by atoms with E-state index in [0.717, 1.165) is 11.3 Å². The fourth-order valence-corrected chi connectivity index (χ4v) is 2.61. The third-order valence-electron chi connectivity index (χ3n) is 3.97. The Morgan fingerprint density at radius 2 is 1.81 bits per heavy atom. The fourth-order valence-electron chi connectivity index (χ4n) is 2.61. The maximum atomic E-state index is 12.5. The van der Waals surface area contributed by atoms with Crippen molar-refractivity contribution in [3.8, 4) is 5.69 Å². The summed E-state index contributed by atoms with van der Waals surface area (Å²) in [5.41, 5.74) is 2.25. The van der Waals surface area contributed by atoms with Gasteiger partial charge in [0.25, 0.3) is 5.91 Å². The third kappa shape index (κ3) is 4.16. The van der Waals surface area contributed by atoms with E-state index in [1.54, 1.807) is 35.1 Å². The van der Waals surface area contributed by atoms with Gasteiger partial charge in [0, 0.05) is 24.4 Å². The van der Waals surface area contributed by atoms with E-state index in [-0.39, 0.29) is 5.91 Å². The minimum atomic E-state index is -0.749. The molecule has 0 saturated heterocycles. The summed E-state index contributed by atoms with van der Waals surface area (Å²) >= 11 is 0. The zero-order valence-corrected chi connectivity index (χ0v) is 14.3. The van der Waals surface area contributed by atoms with Crippen LogP contribution >= 0.6 is 0 Å². The van der Waals surface area contributed by atoms with Gasteiger partial charge in [-0.2, -0.15) is 5.10 Å². The molecule has 6 nitrogen and oxygen atoms in total. The quantitative estimate of drug-likeness (QED) is 0.694. The number of nitrogens with one attached hydrogen (secondary N) is 1. The number of esters is 1. The van der Waals surface area contributed by atoms with Crippen molar-refractivity contribution < 1.29 is 14.3 Å². The molecule has 1 heterocycles. The molecule has 1 N–H and O–H groups in total. The second-order valence-electron chi connectivity index (χ2n) is 5.74. The zero-order valence-electron chi connectivity index (χ0n) is 14.3. The fraction of sp³-hybridized carbons (Fsp3) is 0.150. The molecule has 6 heteroatoms. The molecule has 132 valence electrons. The normalized spacial score (nSPS) is 11.6. The van der Waals surface area contributed by atoms with Crippen LogP contribution in [0.5, 0.6) is 0 Å². The predicted octanol–water partition coefficient (Wildman–Crippen LogP) is 2.39. The van der Waals surface area contributed by atoms with Crippen molar-refractivity contribution >= 4 is 11.9 Å². The van der Waals surface area contributed by atoms with Crippen LogP contribution in [-0.4, -0.2) is 34.8 Å². The van der Waals surface area contributed by atoms with Crippen LogP contribution < -0.4 is 5.32 Å². The summed E-state index contributed by atoms with van der Waals surface area (Å²) in [6.07, 6.45) is 3.87. The van der Waals surface area contributed by atoms with E-state index in [4.69, 9.17) is 4.74 Å². The molecular weight excluding hydrogens is 330 g/mol. The van der Waals surface area contributed by atoms with Gasteiger partial charge in [-0.15, -0.1) is 0 Å². The van der Waals surface area contributed by atoms with E-state index >= 15 is 0 Å². The minimum Gasteiger partial charge on any atom is -0.467 e. The number of nitrogens with zero attached hydrogens (tertiary/aromatic N) is 2. The number of rotatable bonds is 6. The lowest BCUT2D eigenvalue weighted by Gasteiger charge is -2.17. The van der Waals surface area contributed by atoms with Gasteiger partial charge in [0.05, 0.1) is 12.8 Å². The van der Waals surface area contributed by atoms with Crippen molar-refractivity contribution in [2.45, 2.75) is 12.5 Å². The Hall–Kier alpha value is -3.41. The molecule has 0 unspecified atom stereocenters. The number of ether oxygens (including phenoxy) is 1. The van der Waals surface area contributed by atoms with Crippen molar-refractivity contribution in [2.75, 3.05) is 7.11 Å². The van der Waals surface area contributed by atoms with Crippen molar-refractivity contribution in [3.63, 3.8) is 0 Å². The van der Waals surface area contributed by atoms with E-state index in [1.807, 2.05) is 42.6 Å². The van der Waals surface area contributed by atoms with Gasteiger partial charge in [-0.3, -0.25) is 4.79 Å². The van der Waals surface area contributed by atoms with Crippen LogP contribution in [-0.2, 0) is 16.0 Å². The molecule has 0 aliphatic rings. The lowest BCUT2D eigenvalue weighted by Crippen LogP contribution is -2.43. The van der Waals surface area contributed by atoms with Crippen molar-refractivity contribution in [1.29, 1.82) is 0 Å². The highest BCUT2D eigenvalue weighted by Gasteiger charge is 2.22. The number of benzene rings is 2. The van der Waals surface area contributed by atoms with Crippen LogP contribution in [0.25, 0.3) is 5.69 Å². The molecule has 1 amide bonds. The summed E-state index contributed by atoms with van der Waals surface area (Å²) in [4.78, 5) is 24.6. The van der Waals surface area contributed by atoms with Crippen LogP contribution in [0, 0.1) is 0 Å². The second-order valence-corrected chi connectivity index (χ2v) is 5.74. The number of carbonyl (C=O) groups excluding carboxylic acids is 2. The summed E-state index contributed by atoms with van der Waals surface area (Å²) in [7, 11) is 1.31. The monoisotopic (exact) mass is 349 g/mol. The molecule has 0 radical (unpaired) electrons. The van der Waals surface area contributed by atoms with Gasteiger partial charge in [-0.1, -0.05) is 30.3 Å². The first kappa shape index (κ1) is 17.4.